The molecule has 8 nitrogen and oxygen atoms in total. The van der Waals surface area contributed by atoms with Crippen molar-refractivity contribution in [3.8, 4) is 0 Å². The Morgan fingerprint density at radius 1 is 1.21 bits per heavy atom. The summed E-state index contributed by atoms with van der Waals surface area (Å²) in [6.07, 6.45) is 3.84. The van der Waals surface area contributed by atoms with Gasteiger partial charge in [0.05, 0.1) is 30.1 Å². The number of carbonyl (C=O) groups excluding carboxylic acids is 3. The van der Waals surface area contributed by atoms with Crippen LogP contribution in [0.1, 0.15) is 80.6 Å². The number of likely N-dealkylation sites (tertiary alicyclic amines) is 1. The number of ether oxygens (including phenoxy) is 1. The number of nitrogens with zero attached hydrogens (tertiary/aromatic N) is 1. The molecule has 3 N–H and O–H groups in total. The number of carbonyl (C=O) groups is 3. The van der Waals surface area contributed by atoms with Crippen LogP contribution in [-0.4, -0.2) is 70.2 Å². The minimum Gasteiger partial charge on any atom is -0.394 e. The summed E-state index contributed by atoms with van der Waals surface area (Å²) in [4.78, 5) is 42.9. The van der Waals surface area contributed by atoms with E-state index in [1.54, 1.807) is 4.90 Å². The summed E-state index contributed by atoms with van der Waals surface area (Å²) >= 11 is 0. The van der Waals surface area contributed by atoms with Crippen molar-refractivity contribution < 1.29 is 24.2 Å². The molecule has 0 radical (unpaired) electrons. The van der Waals surface area contributed by atoms with Gasteiger partial charge < -0.3 is 25.4 Å². The molecule has 3 saturated heterocycles. The first kappa shape index (κ1) is 26.9. The van der Waals surface area contributed by atoms with E-state index in [1.807, 2.05) is 41.5 Å². The van der Waals surface area contributed by atoms with Crippen molar-refractivity contribution >= 4 is 17.7 Å². The van der Waals surface area contributed by atoms with Crippen molar-refractivity contribution in [2.24, 2.45) is 23.7 Å². The van der Waals surface area contributed by atoms with E-state index in [2.05, 4.69) is 17.6 Å². The summed E-state index contributed by atoms with van der Waals surface area (Å²) < 4.78 is 6.72. The summed E-state index contributed by atoms with van der Waals surface area (Å²) in [6, 6.07) is -1.43. The van der Waals surface area contributed by atoms with Gasteiger partial charge in [-0.1, -0.05) is 47.5 Å². The van der Waals surface area contributed by atoms with Gasteiger partial charge in [-0.25, -0.2) is 0 Å². The molecule has 1 spiro atoms. The van der Waals surface area contributed by atoms with Gasteiger partial charge in [-0.15, -0.1) is 0 Å². The first-order chi connectivity index (χ1) is 16.0. The van der Waals surface area contributed by atoms with E-state index in [0.29, 0.717) is 13.0 Å². The molecule has 2 bridgehead atoms. The lowest BCUT2D eigenvalue weighted by molar-refractivity contribution is -0.152. The number of aliphatic hydroxyl groups excluding tert-OH is 1. The summed E-state index contributed by atoms with van der Waals surface area (Å²) in [6.45, 7) is 14.3. The number of aliphatic hydroxyl groups is 1. The fourth-order valence-corrected chi connectivity index (χ4v) is 6.73. The zero-order valence-electron chi connectivity index (χ0n) is 22.0. The van der Waals surface area contributed by atoms with Crippen molar-refractivity contribution in [1.82, 2.24) is 15.5 Å². The second-order valence-corrected chi connectivity index (χ2v) is 11.1. The number of hydrogen-bond donors (Lipinski definition) is 3. The third kappa shape index (κ3) is 4.04. The average molecular weight is 480 g/mol. The van der Waals surface area contributed by atoms with Gasteiger partial charge in [0, 0.05) is 12.6 Å². The Morgan fingerprint density at radius 2 is 1.88 bits per heavy atom. The molecule has 0 aromatic carbocycles. The molecule has 0 saturated carbocycles. The number of rotatable bonds is 11. The third-order valence-electron chi connectivity index (χ3n) is 8.79. The Balaban J connectivity index is 2.10. The van der Waals surface area contributed by atoms with E-state index < -0.39 is 35.1 Å². The van der Waals surface area contributed by atoms with Crippen molar-refractivity contribution in [2.75, 3.05) is 13.2 Å². The molecule has 3 heterocycles. The van der Waals surface area contributed by atoms with Crippen LogP contribution in [0.25, 0.3) is 0 Å². The Hall–Kier alpha value is -1.67. The molecule has 194 valence electrons. The van der Waals surface area contributed by atoms with Crippen LogP contribution in [0.4, 0.5) is 0 Å². The number of fused-ring (bicyclic) bond motifs is 1. The Bertz CT molecular complexity index is 790. The monoisotopic (exact) mass is 479 g/mol. The normalized spacial score (nSPS) is 36.8. The van der Waals surface area contributed by atoms with Gasteiger partial charge in [-0.05, 0) is 44.9 Å². The molecular formula is C26H45N3O5. The number of amides is 3. The molecule has 3 fully saturated rings. The fourth-order valence-electron chi connectivity index (χ4n) is 6.73. The molecule has 9 atom stereocenters. The van der Waals surface area contributed by atoms with Crippen molar-refractivity contribution in [3.05, 3.63) is 0 Å². The van der Waals surface area contributed by atoms with Crippen LogP contribution in [0, 0.1) is 23.7 Å². The van der Waals surface area contributed by atoms with Crippen LogP contribution >= 0.6 is 0 Å². The Kier molecular flexibility index (Phi) is 8.03. The maximum atomic E-state index is 14.1. The van der Waals surface area contributed by atoms with Crippen molar-refractivity contribution in [2.45, 2.75) is 110 Å². The molecule has 4 unspecified atom stereocenters. The van der Waals surface area contributed by atoms with Crippen LogP contribution < -0.4 is 10.6 Å². The lowest BCUT2D eigenvalue weighted by Crippen LogP contribution is -2.60. The third-order valence-corrected chi connectivity index (χ3v) is 8.79. The Labute approximate surface area is 204 Å². The van der Waals surface area contributed by atoms with Crippen molar-refractivity contribution in [3.63, 3.8) is 0 Å². The molecule has 3 aliphatic heterocycles. The first-order valence-electron chi connectivity index (χ1n) is 13.2. The maximum absolute atomic E-state index is 14.1. The zero-order valence-corrected chi connectivity index (χ0v) is 22.0. The second kappa shape index (κ2) is 10.1. The summed E-state index contributed by atoms with van der Waals surface area (Å²) in [5.41, 5.74) is -1.89. The first-order valence-corrected chi connectivity index (χ1v) is 13.2. The van der Waals surface area contributed by atoms with E-state index in [-0.39, 0.29) is 42.2 Å². The van der Waals surface area contributed by atoms with Crippen LogP contribution in [-0.2, 0) is 19.1 Å². The van der Waals surface area contributed by atoms with Crippen LogP contribution in [0.2, 0.25) is 0 Å². The highest BCUT2D eigenvalue weighted by atomic mass is 16.5. The molecule has 3 amide bonds. The SMILES string of the molecule is CCCNC(=O)[C@H]1[C@H]2C(=O)N([C@@H](CO)[C@@H](C)CC)C(C(=O)NC(C)CCC)C23CC(C)[C@]1(C)O3. The summed E-state index contributed by atoms with van der Waals surface area (Å²) in [5.74, 6) is -2.07. The van der Waals surface area contributed by atoms with Crippen molar-refractivity contribution in [1.29, 1.82) is 0 Å². The topological polar surface area (TPSA) is 108 Å². The molecule has 3 rings (SSSR count). The van der Waals surface area contributed by atoms with E-state index >= 15 is 0 Å². The molecule has 3 aliphatic rings. The quantitative estimate of drug-likeness (QED) is 0.421. The van der Waals surface area contributed by atoms with Crippen LogP contribution in [0.3, 0.4) is 0 Å². The smallest absolute Gasteiger partial charge is 0.246 e. The van der Waals surface area contributed by atoms with E-state index in [4.69, 9.17) is 4.74 Å². The zero-order chi connectivity index (χ0) is 25.4. The highest BCUT2D eigenvalue weighted by Gasteiger charge is 2.80. The minimum atomic E-state index is -1.07. The molecule has 0 aromatic heterocycles. The van der Waals surface area contributed by atoms with Gasteiger partial charge in [0.1, 0.15) is 11.6 Å². The van der Waals surface area contributed by atoms with Gasteiger partial charge in [0.15, 0.2) is 0 Å². The standard InChI is InChI=1S/C26H45N3O5/c1-8-11-17(6)28-23(32)21-26-13-16(5)25(7,34-26)19(22(31)27-12-9-2)20(26)24(33)29(21)18(14-30)15(4)10-3/h15-21,30H,8-14H2,1-7H3,(H,27,31)(H,28,32)/t15-,16?,17?,18-,19+,20-,21?,25-,26?/m0/s1. The van der Waals surface area contributed by atoms with Crippen LogP contribution in [0.5, 0.6) is 0 Å². The maximum Gasteiger partial charge on any atom is 0.246 e. The fraction of sp³-hybridized carbons (Fsp3) is 0.885. The highest BCUT2D eigenvalue weighted by Crippen LogP contribution is 2.65. The molecule has 34 heavy (non-hydrogen) atoms. The van der Waals surface area contributed by atoms with E-state index in [0.717, 1.165) is 25.7 Å². The summed E-state index contributed by atoms with van der Waals surface area (Å²) in [5, 5.41) is 16.4. The molecule has 0 aliphatic carbocycles. The number of hydrogen-bond acceptors (Lipinski definition) is 5. The predicted octanol–water partition coefficient (Wildman–Crippen LogP) is 2.24. The molecule has 8 heteroatoms. The molecule has 0 aromatic rings. The highest BCUT2D eigenvalue weighted by molar-refractivity contribution is 5.99. The predicted molar refractivity (Wildman–Crippen MR) is 130 cm³/mol. The average Bonchev–Trinajstić information content (AvgIpc) is 3.29. The summed E-state index contributed by atoms with van der Waals surface area (Å²) in [7, 11) is 0. The second-order valence-electron chi connectivity index (χ2n) is 11.1. The van der Waals surface area contributed by atoms with Gasteiger partial charge >= 0.3 is 0 Å². The largest absolute Gasteiger partial charge is 0.394 e. The number of nitrogens with one attached hydrogen (secondary N) is 2. The van der Waals surface area contributed by atoms with Gasteiger partial charge in [0.2, 0.25) is 17.7 Å². The van der Waals surface area contributed by atoms with Gasteiger partial charge in [-0.3, -0.25) is 14.4 Å². The lowest BCUT2D eigenvalue weighted by atomic mass is 9.62. The van der Waals surface area contributed by atoms with Crippen LogP contribution in [0.15, 0.2) is 0 Å². The lowest BCUT2D eigenvalue weighted by Gasteiger charge is -2.39. The minimum absolute atomic E-state index is 0.00779. The van der Waals surface area contributed by atoms with Gasteiger partial charge in [0.25, 0.3) is 0 Å². The van der Waals surface area contributed by atoms with E-state index in [9.17, 15) is 19.5 Å². The van der Waals surface area contributed by atoms with E-state index in [1.165, 1.54) is 0 Å². The van der Waals surface area contributed by atoms with Gasteiger partial charge in [-0.2, -0.15) is 0 Å². The Morgan fingerprint density at radius 3 is 2.44 bits per heavy atom. The molecular weight excluding hydrogens is 434 g/mol.